The number of amides is 1. The second-order valence-corrected chi connectivity index (χ2v) is 13.8. The van der Waals surface area contributed by atoms with E-state index in [-0.39, 0.29) is 34.7 Å². The zero-order valence-corrected chi connectivity index (χ0v) is 26.4. The number of phenolic OH excluding ortho intramolecular Hbond substituents is 1. The molecule has 0 bridgehead atoms. The molecule has 3 aromatic rings. The van der Waals surface area contributed by atoms with Gasteiger partial charge >= 0.3 is 0 Å². The molecule has 1 amide bonds. The Morgan fingerprint density at radius 2 is 1.79 bits per heavy atom. The molecule has 3 N–H and O–H groups in total. The van der Waals surface area contributed by atoms with Crippen molar-refractivity contribution in [2.45, 2.75) is 83.7 Å². The van der Waals surface area contributed by atoms with E-state index < -0.39 is 0 Å². The highest BCUT2D eigenvalue weighted by atomic mass is 16.5. The van der Waals surface area contributed by atoms with Crippen LogP contribution in [0.4, 0.5) is 0 Å². The number of ether oxygens (including phenoxy) is 1. The minimum atomic E-state index is -0.181. The molecule has 228 valence electrons. The summed E-state index contributed by atoms with van der Waals surface area (Å²) in [6, 6.07) is 23.5. The molecule has 3 aromatic carbocycles. The molecule has 0 heterocycles. The first kappa shape index (κ1) is 29.7. The second kappa shape index (κ2) is 11.6. The van der Waals surface area contributed by atoms with Crippen molar-refractivity contribution in [3.63, 3.8) is 0 Å². The van der Waals surface area contributed by atoms with Crippen molar-refractivity contribution in [1.29, 1.82) is 0 Å². The van der Waals surface area contributed by atoms with Crippen molar-refractivity contribution in [3.05, 3.63) is 89.5 Å². The fourth-order valence-electron chi connectivity index (χ4n) is 9.44. The quantitative estimate of drug-likeness (QED) is 0.228. The molecule has 6 unspecified atom stereocenters. The Morgan fingerprint density at radius 3 is 2.49 bits per heavy atom. The second-order valence-electron chi connectivity index (χ2n) is 13.8. The van der Waals surface area contributed by atoms with Gasteiger partial charge in [-0.25, -0.2) is 0 Å². The number of carbonyl (C=O) groups excluding carboxylic acids is 1. The van der Waals surface area contributed by atoms with Gasteiger partial charge in [-0.1, -0.05) is 70.0 Å². The molecule has 43 heavy (non-hydrogen) atoms. The summed E-state index contributed by atoms with van der Waals surface area (Å²) in [7, 11) is 2.08. The summed E-state index contributed by atoms with van der Waals surface area (Å²) < 4.78 is 6.20. The smallest absolute Gasteiger partial charge is 0.255 e. The molecule has 5 heteroatoms. The van der Waals surface area contributed by atoms with Crippen molar-refractivity contribution in [2.75, 3.05) is 7.05 Å². The highest BCUT2D eigenvalue weighted by Crippen LogP contribution is 2.70. The fourth-order valence-corrected chi connectivity index (χ4v) is 9.44. The van der Waals surface area contributed by atoms with E-state index in [1.165, 1.54) is 30.4 Å². The van der Waals surface area contributed by atoms with Crippen molar-refractivity contribution in [1.82, 2.24) is 10.6 Å². The van der Waals surface area contributed by atoms with Crippen LogP contribution < -0.4 is 15.4 Å². The van der Waals surface area contributed by atoms with E-state index in [0.717, 1.165) is 25.2 Å². The molecule has 0 aromatic heterocycles. The average molecular weight is 581 g/mol. The minimum absolute atomic E-state index is 0.0341. The Labute approximate surface area is 257 Å². The first-order chi connectivity index (χ1) is 20.7. The zero-order chi connectivity index (χ0) is 30.4. The van der Waals surface area contributed by atoms with Crippen molar-refractivity contribution in [3.8, 4) is 17.2 Å². The average Bonchev–Trinajstić information content (AvgIpc) is 3.72. The van der Waals surface area contributed by atoms with E-state index in [1.54, 1.807) is 0 Å². The topological polar surface area (TPSA) is 70.6 Å². The Bertz CT molecular complexity index is 1450. The van der Waals surface area contributed by atoms with E-state index in [1.807, 2.05) is 60.7 Å². The number of phenols is 1. The van der Waals surface area contributed by atoms with Gasteiger partial charge in [0.1, 0.15) is 17.2 Å². The van der Waals surface area contributed by atoms with Gasteiger partial charge in [0.15, 0.2) is 0 Å². The number of para-hydroxylation sites is 2. The van der Waals surface area contributed by atoms with E-state index in [4.69, 9.17) is 4.74 Å². The highest BCUT2D eigenvalue weighted by molar-refractivity contribution is 5.97. The summed E-state index contributed by atoms with van der Waals surface area (Å²) in [6.45, 7) is 9.43. The molecule has 3 aliphatic carbocycles. The fraction of sp³-hybridized carbons (Fsp3) is 0.500. The molecule has 3 aliphatic rings. The van der Waals surface area contributed by atoms with Crippen LogP contribution in [-0.2, 0) is 11.8 Å². The van der Waals surface area contributed by atoms with Crippen LogP contribution in [0.15, 0.2) is 72.8 Å². The van der Waals surface area contributed by atoms with Crippen LogP contribution in [0.2, 0.25) is 0 Å². The first-order valence-corrected chi connectivity index (χ1v) is 16.3. The largest absolute Gasteiger partial charge is 0.508 e. The zero-order valence-electron chi connectivity index (χ0n) is 26.4. The number of nitrogens with one attached hydrogen (secondary N) is 2. The van der Waals surface area contributed by atoms with E-state index in [0.29, 0.717) is 34.6 Å². The lowest BCUT2D eigenvalue weighted by atomic mass is 9.51. The predicted octanol–water partition coefficient (Wildman–Crippen LogP) is 7.87. The number of aromatic hydroxyl groups is 1. The third-order valence-electron chi connectivity index (χ3n) is 11.5. The minimum Gasteiger partial charge on any atom is -0.508 e. The number of benzene rings is 3. The Balaban J connectivity index is 1.42. The summed E-state index contributed by atoms with van der Waals surface area (Å²) in [6.07, 6.45) is 6.79. The molecular formula is C38H48N2O3. The molecule has 6 rings (SSSR count). The molecule has 0 aliphatic heterocycles. The van der Waals surface area contributed by atoms with E-state index >= 15 is 0 Å². The Morgan fingerprint density at radius 1 is 1.07 bits per heavy atom. The van der Waals surface area contributed by atoms with Gasteiger partial charge in [0.2, 0.25) is 0 Å². The monoisotopic (exact) mass is 580 g/mol. The van der Waals surface area contributed by atoms with Crippen LogP contribution in [-0.4, -0.2) is 30.1 Å². The number of hydrogen-bond acceptors (Lipinski definition) is 4. The maximum Gasteiger partial charge on any atom is 0.255 e. The van der Waals surface area contributed by atoms with Gasteiger partial charge in [0, 0.05) is 17.5 Å². The molecule has 0 saturated heterocycles. The van der Waals surface area contributed by atoms with Crippen LogP contribution in [0, 0.1) is 29.1 Å². The van der Waals surface area contributed by atoms with Crippen LogP contribution in [0.25, 0.3) is 0 Å². The summed E-state index contributed by atoms with van der Waals surface area (Å²) in [5.41, 5.74) is 3.00. The lowest BCUT2D eigenvalue weighted by molar-refractivity contribution is 0.0284. The van der Waals surface area contributed by atoms with Crippen molar-refractivity contribution >= 4 is 5.91 Å². The number of hydrogen-bond donors (Lipinski definition) is 3. The number of carbonyl (C=O) groups is 1. The highest BCUT2D eigenvalue weighted by Gasteiger charge is 2.69. The Kier molecular flexibility index (Phi) is 8.06. The molecule has 5 nitrogen and oxygen atoms in total. The first-order valence-electron chi connectivity index (χ1n) is 16.3. The third kappa shape index (κ3) is 5.04. The molecular weight excluding hydrogens is 532 g/mol. The number of fused-ring (bicyclic) bond motifs is 2. The molecule has 2 fully saturated rings. The van der Waals surface area contributed by atoms with Crippen LogP contribution in [0.1, 0.15) is 81.3 Å². The van der Waals surface area contributed by atoms with Gasteiger partial charge in [-0.15, -0.1) is 0 Å². The van der Waals surface area contributed by atoms with E-state index in [9.17, 15) is 9.90 Å². The van der Waals surface area contributed by atoms with Crippen molar-refractivity contribution < 1.29 is 14.6 Å². The van der Waals surface area contributed by atoms with Crippen LogP contribution in [0.5, 0.6) is 17.2 Å². The lowest BCUT2D eigenvalue weighted by Gasteiger charge is -2.54. The predicted molar refractivity (Wildman–Crippen MR) is 173 cm³/mol. The maximum absolute atomic E-state index is 14.2. The standard InChI is InChI=1S/C38H48N2O3/c1-6-33(40-36(42)31-14-10-11-15-34(31)43-30-12-8-7-9-13-30)35-24(2)23-37(4,25(3)39-5)38(35)28(20-26-16-17-26)21-27-18-19-29(41)22-32(27)38/h7-15,18-19,22,24-26,28,33,35,39,41H,6,16-17,20-21,23H2,1-5H3,(H,40,42)/t24-,25?,28?,33?,35?,37?,38?/m0/s1. The van der Waals surface area contributed by atoms with Gasteiger partial charge < -0.3 is 20.5 Å². The normalized spacial score (nSPS) is 29.3. The van der Waals surface area contributed by atoms with Gasteiger partial charge in [-0.2, -0.15) is 0 Å². The van der Waals surface area contributed by atoms with Gasteiger partial charge in [0.05, 0.1) is 5.56 Å². The van der Waals surface area contributed by atoms with Crippen LogP contribution in [0.3, 0.4) is 0 Å². The summed E-state index contributed by atoms with van der Waals surface area (Å²) in [5, 5.41) is 18.1. The summed E-state index contributed by atoms with van der Waals surface area (Å²) in [4.78, 5) is 14.2. The van der Waals surface area contributed by atoms with Gasteiger partial charge in [-0.05, 0) is 116 Å². The molecule has 0 radical (unpaired) electrons. The van der Waals surface area contributed by atoms with E-state index in [2.05, 4.69) is 57.5 Å². The molecule has 7 atom stereocenters. The van der Waals surface area contributed by atoms with Crippen molar-refractivity contribution in [2.24, 2.45) is 29.1 Å². The lowest BCUT2D eigenvalue weighted by Crippen LogP contribution is -2.59. The molecule has 1 spiro atoms. The maximum atomic E-state index is 14.2. The summed E-state index contributed by atoms with van der Waals surface area (Å²) >= 11 is 0. The van der Waals surface area contributed by atoms with Gasteiger partial charge in [-0.3, -0.25) is 4.79 Å². The summed E-state index contributed by atoms with van der Waals surface area (Å²) in [5.74, 6) is 3.37. The van der Waals surface area contributed by atoms with Crippen LogP contribution >= 0.6 is 0 Å². The Hall–Kier alpha value is -3.31. The SMILES string of the molecule is CCC(NC(=O)c1ccccc1Oc1ccccc1)C1[C@@H](C)CC(C)(C(C)NC)C12c1cc(O)ccc1CC2CC1CC1. The van der Waals surface area contributed by atoms with Gasteiger partial charge in [0.25, 0.3) is 5.91 Å². The molecule has 2 saturated carbocycles. The third-order valence-corrected chi connectivity index (χ3v) is 11.5. The number of rotatable bonds is 10.